The van der Waals surface area contributed by atoms with Gasteiger partial charge in [-0.2, -0.15) is 5.10 Å². The number of carbonyl (C=O) groups excluding carboxylic acids is 2. The molecule has 1 aromatic carbocycles. The van der Waals surface area contributed by atoms with E-state index in [0.717, 1.165) is 43.0 Å². The number of piperidine rings is 1. The zero-order valence-electron chi connectivity index (χ0n) is 15.5. The van der Waals surface area contributed by atoms with E-state index < -0.39 is 11.6 Å². The van der Waals surface area contributed by atoms with E-state index in [9.17, 15) is 18.4 Å². The van der Waals surface area contributed by atoms with Gasteiger partial charge in [-0.1, -0.05) is 0 Å². The smallest absolute Gasteiger partial charge is 0.240 e. The van der Waals surface area contributed by atoms with Gasteiger partial charge in [-0.3, -0.25) is 9.59 Å². The van der Waals surface area contributed by atoms with Crippen LogP contribution in [-0.2, 0) is 16.0 Å². The monoisotopic (exact) mass is 388 g/mol. The van der Waals surface area contributed by atoms with Crippen LogP contribution in [0.25, 0.3) is 5.69 Å². The Bertz CT molecular complexity index is 891. The molecule has 8 heteroatoms. The number of nitrogens with zero attached hydrogens (tertiary/aromatic N) is 3. The van der Waals surface area contributed by atoms with E-state index in [0.29, 0.717) is 25.1 Å². The topological polar surface area (TPSA) is 67.2 Å². The number of fused-ring (bicyclic) bond motifs is 1. The molecule has 0 spiro atoms. The number of benzene rings is 1. The molecule has 0 radical (unpaired) electrons. The quantitative estimate of drug-likeness (QED) is 0.876. The van der Waals surface area contributed by atoms with Gasteiger partial charge < -0.3 is 10.2 Å². The summed E-state index contributed by atoms with van der Waals surface area (Å²) in [5.74, 6) is -1.50. The molecule has 148 valence electrons. The molecule has 1 fully saturated rings. The Morgan fingerprint density at radius 3 is 2.68 bits per heavy atom. The SMILES string of the molecule is O=C(CN1CCCCC1=O)N[C@H]1CCCc2c1cnn2-c1cc(F)cc(F)c1. The van der Waals surface area contributed by atoms with Crippen LogP contribution in [0.2, 0.25) is 0 Å². The Morgan fingerprint density at radius 1 is 1.14 bits per heavy atom. The van der Waals surface area contributed by atoms with Gasteiger partial charge in [-0.15, -0.1) is 0 Å². The molecule has 0 bridgehead atoms. The maximum absolute atomic E-state index is 13.6. The Hall–Kier alpha value is -2.77. The third kappa shape index (κ3) is 3.76. The Kier molecular flexibility index (Phi) is 5.11. The fourth-order valence-corrected chi connectivity index (χ4v) is 4.03. The molecule has 2 heterocycles. The van der Waals surface area contributed by atoms with Gasteiger partial charge in [0.25, 0.3) is 0 Å². The summed E-state index contributed by atoms with van der Waals surface area (Å²) in [6, 6.07) is 3.08. The lowest BCUT2D eigenvalue weighted by atomic mass is 9.93. The molecule has 2 amide bonds. The van der Waals surface area contributed by atoms with Gasteiger partial charge in [0.1, 0.15) is 11.6 Å². The Labute approximate surface area is 161 Å². The highest BCUT2D eigenvalue weighted by atomic mass is 19.1. The molecular weight excluding hydrogens is 366 g/mol. The summed E-state index contributed by atoms with van der Waals surface area (Å²) < 4.78 is 28.7. The second kappa shape index (κ2) is 7.69. The first-order valence-electron chi connectivity index (χ1n) is 9.61. The number of aromatic nitrogens is 2. The molecule has 2 aromatic rings. The zero-order valence-corrected chi connectivity index (χ0v) is 15.5. The van der Waals surface area contributed by atoms with Crippen molar-refractivity contribution in [3.05, 3.63) is 47.3 Å². The van der Waals surface area contributed by atoms with Gasteiger partial charge in [-0.05, 0) is 44.2 Å². The maximum Gasteiger partial charge on any atom is 0.240 e. The second-order valence-electron chi connectivity index (χ2n) is 7.37. The highest BCUT2D eigenvalue weighted by Gasteiger charge is 2.28. The number of nitrogens with one attached hydrogen (secondary N) is 1. The normalized spacial score (nSPS) is 19.4. The van der Waals surface area contributed by atoms with Crippen molar-refractivity contribution < 1.29 is 18.4 Å². The van der Waals surface area contributed by atoms with Crippen molar-refractivity contribution in [3.8, 4) is 5.69 Å². The van der Waals surface area contributed by atoms with E-state index in [1.807, 2.05) is 0 Å². The standard InChI is InChI=1S/C20H22F2N4O2/c21-13-8-14(22)10-15(9-13)26-18-5-3-4-17(16(18)11-23-26)24-19(27)12-25-7-2-1-6-20(25)28/h8-11,17H,1-7,12H2,(H,24,27)/t17-/m0/s1. The summed E-state index contributed by atoms with van der Waals surface area (Å²) in [5.41, 5.74) is 2.02. The molecule has 0 saturated carbocycles. The van der Waals surface area contributed by atoms with Crippen molar-refractivity contribution in [2.45, 2.75) is 44.6 Å². The van der Waals surface area contributed by atoms with Gasteiger partial charge in [0, 0.05) is 30.3 Å². The van der Waals surface area contributed by atoms with Crippen molar-refractivity contribution in [1.29, 1.82) is 0 Å². The molecule has 1 aliphatic heterocycles. The summed E-state index contributed by atoms with van der Waals surface area (Å²) in [4.78, 5) is 26.0. The average molecular weight is 388 g/mol. The Morgan fingerprint density at radius 2 is 1.93 bits per heavy atom. The number of rotatable bonds is 4. The average Bonchev–Trinajstić information content (AvgIpc) is 3.08. The minimum Gasteiger partial charge on any atom is -0.348 e. The number of hydrogen-bond acceptors (Lipinski definition) is 3. The zero-order chi connectivity index (χ0) is 19.7. The molecule has 0 unspecified atom stereocenters. The summed E-state index contributed by atoms with van der Waals surface area (Å²) in [5, 5.41) is 7.30. The summed E-state index contributed by atoms with van der Waals surface area (Å²) in [6.45, 7) is 0.680. The Balaban J connectivity index is 1.51. The molecule has 1 N–H and O–H groups in total. The first-order chi connectivity index (χ1) is 13.5. The van der Waals surface area contributed by atoms with Crippen LogP contribution in [0.5, 0.6) is 0 Å². The van der Waals surface area contributed by atoms with Crippen molar-refractivity contribution in [2.75, 3.05) is 13.1 Å². The molecule has 6 nitrogen and oxygen atoms in total. The number of hydrogen-bond donors (Lipinski definition) is 1. The molecule has 2 aliphatic rings. The molecule has 1 atom stereocenters. The third-order valence-corrected chi connectivity index (χ3v) is 5.37. The second-order valence-corrected chi connectivity index (χ2v) is 7.37. The van der Waals surface area contributed by atoms with Gasteiger partial charge >= 0.3 is 0 Å². The molecule has 1 saturated heterocycles. The summed E-state index contributed by atoms with van der Waals surface area (Å²) >= 11 is 0. The van der Waals surface area contributed by atoms with Crippen LogP contribution >= 0.6 is 0 Å². The fourth-order valence-electron chi connectivity index (χ4n) is 4.03. The van der Waals surface area contributed by atoms with Crippen LogP contribution in [-0.4, -0.2) is 39.6 Å². The van der Waals surface area contributed by atoms with Crippen LogP contribution in [0, 0.1) is 11.6 Å². The lowest BCUT2D eigenvalue weighted by Crippen LogP contribution is -2.44. The highest BCUT2D eigenvalue weighted by Crippen LogP contribution is 2.31. The van der Waals surface area contributed by atoms with Crippen LogP contribution < -0.4 is 5.32 Å². The molecule has 1 aromatic heterocycles. The van der Waals surface area contributed by atoms with E-state index in [2.05, 4.69) is 10.4 Å². The molecule has 4 rings (SSSR count). The van der Waals surface area contributed by atoms with Crippen molar-refractivity contribution in [2.24, 2.45) is 0 Å². The summed E-state index contributed by atoms with van der Waals surface area (Å²) in [7, 11) is 0. The molecular formula is C20H22F2N4O2. The number of likely N-dealkylation sites (tertiary alicyclic amines) is 1. The van der Waals surface area contributed by atoms with Crippen LogP contribution in [0.15, 0.2) is 24.4 Å². The fraction of sp³-hybridized carbons (Fsp3) is 0.450. The van der Waals surface area contributed by atoms with E-state index in [4.69, 9.17) is 0 Å². The van der Waals surface area contributed by atoms with Gasteiger partial charge in [0.2, 0.25) is 11.8 Å². The van der Waals surface area contributed by atoms with Crippen molar-refractivity contribution in [1.82, 2.24) is 20.0 Å². The van der Waals surface area contributed by atoms with Crippen LogP contribution in [0.1, 0.15) is 49.4 Å². The first-order valence-corrected chi connectivity index (χ1v) is 9.61. The summed E-state index contributed by atoms with van der Waals surface area (Å²) in [6.07, 6.45) is 6.24. The first kappa shape index (κ1) is 18.6. The third-order valence-electron chi connectivity index (χ3n) is 5.37. The van der Waals surface area contributed by atoms with E-state index in [1.165, 1.54) is 16.8 Å². The van der Waals surface area contributed by atoms with Gasteiger partial charge in [-0.25, -0.2) is 13.5 Å². The predicted molar refractivity (Wildman–Crippen MR) is 97.7 cm³/mol. The van der Waals surface area contributed by atoms with Gasteiger partial charge in [0.05, 0.1) is 24.5 Å². The predicted octanol–water partition coefficient (Wildman–Crippen LogP) is 2.66. The van der Waals surface area contributed by atoms with Crippen LogP contribution in [0.4, 0.5) is 8.78 Å². The molecule has 28 heavy (non-hydrogen) atoms. The van der Waals surface area contributed by atoms with E-state index in [-0.39, 0.29) is 24.4 Å². The lowest BCUT2D eigenvalue weighted by Gasteiger charge is -2.28. The number of carbonyl (C=O) groups is 2. The van der Waals surface area contributed by atoms with Crippen molar-refractivity contribution >= 4 is 11.8 Å². The largest absolute Gasteiger partial charge is 0.348 e. The van der Waals surface area contributed by atoms with Gasteiger partial charge in [0.15, 0.2) is 0 Å². The maximum atomic E-state index is 13.6. The number of amides is 2. The van der Waals surface area contributed by atoms with Crippen LogP contribution in [0.3, 0.4) is 0 Å². The van der Waals surface area contributed by atoms with Crippen molar-refractivity contribution in [3.63, 3.8) is 0 Å². The van der Waals surface area contributed by atoms with E-state index >= 15 is 0 Å². The highest BCUT2D eigenvalue weighted by molar-refractivity contribution is 5.85. The number of halogens is 2. The molecule has 1 aliphatic carbocycles. The minimum absolute atomic E-state index is 0.0201. The van der Waals surface area contributed by atoms with E-state index in [1.54, 1.807) is 11.1 Å². The minimum atomic E-state index is -0.661. The lowest BCUT2D eigenvalue weighted by molar-refractivity contribution is -0.138.